The van der Waals surface area contributed by atoms with Crippen LogP contribution in [-0.2, 0) is 0 Å². The van der Waals surface area contributed by atoms with E-state index in [9.17, 15) is 0 Å². The van der Waals surface area contributed by atoms with Crippen molar-refractivity contribution >= 4 is 0 Å². The van der Waals surface area contributed by atoms with Crippen molar-refractivity contribution in [3.63, 3.8) is 0 Å². The maximum Gasteiger partial charge on any atom is 0.203 e. The molecule has 0 aliphatic rings. The summed E-state index contributed by atoms with van der Waals surface area (Å²) in [6.07, 6.45) is 0. The Kier molecular flexibility index (Phi) is 5.11. The number of rotatable bonds is 6. The minimum Gasteiger partial charge on any atom is -0.493 e. The lowest BCUT2D eigenvalue weighted by molar-refractivity contribution is 0.270. The highest BCUT2D eigenvalue weighted by Crippen LogP contribution is 2.36. The average molecular weight is 236 g/mol. The molecule has 0 heterocycles. The van der Waals surface area contributed by atoms with E-state index in [0.29, 0.717) is 17.2 Å². The van der Waals surface area contributed by atoms with Gasteiger partial charge in [-0.3, -0.25) is 0 Å². The van der Waals surface area contributed by atoms with E-state index >= 15 is 0 Å². The summed E-state index contributed by atoms with van der Waals surface area (Å²) in [6.45, 7) is 0.247. The van der Waals surface area contributed by atoms with Crippen LogP contribution in [-0.4, -0.2) is 33.9 Å². The molecule has 1 rings (SSSR count). The Balaban J connectivity index is 2.80. The molecule has 1 aromatic carbocycles. The molecular formula is C12H16N2O3. The van der Waals surface area contributed by atoms with Crippen molar-refractivity contribution in [3.05, 3.63) is 18.2 Å². The summed E-state index contributed by atoms with van der Waals surface area (Å²) in [5, 5.41) is 11.6. The molecule has 0 amide bonds. The highest BCUT2D eigenvalue weighted by atomic mass is 16.5. The zero-order valence-electron chi connectivity index (χ0n) is 10.2. The lowest BCUT2D eigenvalue weighted by Crippen LogP contribution is -2.29. The second-order valence-corrected chi connectivity index (χ2v) is 3.27. The normalized spacial score (nSPS) is 11.4. The predicted molar refractivity (Wildman–Crippen MR) is 63.5 cm³/mol. The lowest BCUT2D eigenvalue weighted by atomic mass is 10.3. The lowest BCUT2D eigenvalue weighted by Gasteiger charge is -2.15. The first-order chi connectivity index (χ1) is 8.26. The van der Waals surface area contributed by atoms with E-state index in [2.05, 4.69) is 11.4 Å². The number of likely N-dealkylation sites (N-methyl/N-ethyl adjacent to an activating group) is 1. The predicted octanol–water partition coefficient (Wildman–Crippen LogP) is 1.19. The van der Waals surface area contributed by atoms with Crippen LogP contribution in [0.5, 0.6) is 17.2 Å². The third-order valence-corrected chi connectivity index (χ3v) is 2.28. The van der Waals surface area contributed by atoms with Gasteiger partial charge in [0.25, 0.3) is 0 Å². The molecule has 92 valence electrons. The third kappa shape index (κ3) is 3.26. The van der Waals surface area contributed by atoms with E-state index in [0.717, 1.165) is 0 Å². The number of para-hydroxylation sites is 1. The number of ether oxygens (including phenoxy) is 3. The van der Waals surface area contributed by atoms with Gasteiger partial charge >= 0.3 is 0 Å². The molecule has 1 N–H and O–H groups in total. The zero-order valence-corrected chi connectivity index (χ0v) is 10.2. The Bertz CT molecular complexity index is 401. The van der Waals surface area contributed by atoms with Gasteiger partial charge in [0.05, 0.1) is 20.3 Å². The van der Waals surface area contributed by atoms with E-state index in [1.165, 1.54) is 0 Å². The fraction of sp³-hybridized carbons (Fsp3) is 0.417. The van der Waals surface area contributed by atoms with Gasteiger partial charge in [-0.15, -0.1) is 0 Å². The van der Waals surface area contributed by atoms with E-state index in [1.807, 2.05) is 0 Å². The van der Waals surface area contributed by atoms with E-state index in [4.69, 9.17) is 19.5 Å². The van der Waals surface area contributed by atoms with Crippen LogP contribution < -0.4 is 19.5 Å². The minimum absolute atomic E-state index is 0.247. The average Bonchev–Trinajstić information content (AvgIpc) is 2.39. The number of nitriles is 1. The molecule has 0 fully saturated rings. The van der Waals surface area contributed by atoms with Crippen LogP contribution >= 0.6 is 0 Å². The molecule has 0 radical (unpaired) electrons. The summed E-state index contributed by atoms with van der Waals surface area (Å²) in [5.74, 6) is 1.69. The molecule has 1 aromatic rings. The fourth-order valence-electron chi connectivity index (χ4n) is 1.33. The highest BCUT2D eigenvalue weighted by molar-refractivity contribution is 5.51. The Morgan fingerprint density at radius 1 is 1.29 bits per heavy atom. The van der Waals surface area contributed by atoms with Crippen molar-refractivity contribution in [2.75, 3.05) is 27.9 Å². The van der Waals surface area contributed by atoms with Crippen LogP contribution in [0.25, 0.3) is 0 Å². The Hall–Kier alpha value is -1.93. The van der Waals surface area contributed by atoms with Crippen LogP contribution in [0.15, 0.2) is 18.2 Å². The van der Waals surface area contributed by atoms with Crippen molar-refractivity contribution < 1.29 is 14.2 Å². The van der Waals surface area contributed by atoms with Gasteiger partial charge in [0.2, 0.25) is 5.75 Å². The summed E-state index contributed by atoms with van der Waals surface area (Å²) >= 11 is 0. The number of benzene rings is 1. The monoisotopic (exact) mass is 236 g/mol. The smallest absolute Gasteiger partial charge is 0.203 e. The third-order valence-electron chi connectivity index (χ3n) is 2.28. The van der Waals surface area contributed by atoms with Crippen LogP contribution in [0.3, 0.4) is 0 Å². The summed E-state index contributed by atoms with van der Waals surface area (Å²) < 4.78 is 15.9. The van der Waals surface area contributed by atoms with Gasteiger partial charge < -0.3 is 19.5 Å². The first kappa shape index (κ1) is 13.1. The van der Waals surface area contributed by atoms with Crippen molar-refractivity contribution in [2.45, 2.75) is 6.04 Å². The van der Waals surface area contributed by atoms with Crippen molar-refractivity contribution in [1.29, 1.82) is 5.26 Å². The second-order valence-electron chi connectivity index (χ2n) is 3.27. The number of nitrogens with zero attached hydrogens (tertiary/aromatic N) is 1. The molecule has 0 aliphatic heterocycles. The highest BCUT2D eigenvalue weighted by Gasteiger charge is 2.12. The second kappa shape index (κ2) is 6.61. The molecule has 0 saturated carbocycles. The first-order valence-corrected chi connectivity index (χ1v) is 5.17. The van der Waals surface area contributed by atoms with Crippen LogP contribution in [0, 0.1) is 11.3 Å². The van der Waals surface area contributed by atoms with E-state index in [-0.39, 0.29) is 12.6 Å². The molecule has 0 spiro atoms. The molecule has 0 aromatic heterocycles. The van der Waals surface area contributed by atoms with Crippen molar-refractivity contribution in [3.8, 4) is 23.3 Å². The zero-order chi connectivity index (χ0) is 12.7. The van der Waals surface area contributed by atoms with Crippen LogP contribution in [0.1, 0.15) is 0 Å². The number of hydrogen-bond acceptors (Lipinski definition) is 5. The quantitative estimate of drug-likeness (QED) is 0.804. The molecule has 5 nitrogen and oxygen atoms in total. The van der Waals surface area contributed by atoms with Gasteiger partial charge in [-0.2, -0.15) is 5.26 Å². The molecule has 1 unspecified atom stereocenters. The molecular weight excluding hydrogens is 220 g/mol. The van der Waals surface area contributed by atoms with Gasteiger partial charge in [0.1, 0.15) is 12.6 Å². The van der Waals surface area contributed by atoms with Crippen molar-refractivity contribution in [1.82, 2.24) is 5.32 Å². The van der Waals surface area contributed by atoms with Gasteiger partial charge in [-0.05, 0) is 19.2 Å². The molecule has 0 aliphatic carbocycles. The Morgan fingerprint density at radius 2 is 2.00 bits per heavy atom. The Morgan fingerprint density at radius 3 is 2.53 bits per heavy atom. The van der Waals surface area contributed by atoms with Gasteiger partial charge in [0, 0.05) is 0 Å². The van der Waals surface area contributed by atoms with Crippen LogP contribution in [0.4, 0.5) is 0 Å². The maximum atomic E-state index is 8.78. The molecule has 5 heteroatoms. The summed E-state index contributed by atoms with van der Waals surface area (Å²) in [7, 11) is 4.82. The maximum absolute atomic E-state index is 8.78. The molecule has 0 bridgehead atoms. The van der Waals surface area contributed by atoms with Gasteiger partial charge in [-0.25, -0.2) is 0 Å². The SMILES string of the molecule is CNC(C#N)COc1cccc(OC)c1OC. The standard InChI is InChI=1S/C12H16N2O3/c1-14-9(7-13)8-17-11-6-4-5-10(15-2)12(11)16-3/h4-6,9,14H,8H2,1-3H3. The number of methoxy groups -OCH3 is 2. The molecule has 17 heavy (non-hydrogen) atoms. The van der Waals surface area contributed by atoms with Crippen molar-refractivity contribution in [2.24, 2.45) is 0 Å². The fourth-order valence-corrected chi connectivity index (χ4v) is 1.33. The number of nitrogens with one attached hydrogen (secondary N) is 1. The van der Waals surface area contributed by atoms with Crippen LogP contribution in [0.2, 0.25) is 0 Å². The number of hydrogen-bond donors (Lipinski definition) is 1. The van der Waals surface area contributed by atoms with E-state index in [1.54, 1.807) is 39.5 Å². The van der Waals surface area contributed by atoms with Gasteiger partial charge in [-0.1, -0.05) is 6.07 Å². The minimum atomic E-state index is -0.356. The largest absolute Gasteiger partial charge is 0.493 e. The molecule has 0 saturated heterocycles. The Labute approximate surface area is 101 Å². The van der Waals surface area contributed by atoms with E-state index < -0.39 is 0 Å². The van der Waals surface area contributed by atoms with Gasteiger partial charge in [0.15, 0.2) is 11.5 Å². The first-order valence-electron chi connectivity index (χ1n) is 5.17. The summed E-state index contributed by atoms with van der Waals surface area (Å²) in [4.78, 5) is 0. The summed E-state index contributed by atoms with van der Waals surface area (Å²) in [6, 6.07) is 7.08. The topological polar surface area (TPSA) is 63.5 Å². The molecule has 1 atom stereocenters. The summed E-state index contributed by atoms with van der Waals surface area (Å²) in [5.41, 5.74) is 0.